The predicted molar refractivity (Wildman–Crippen MR) is 99.3 cm³/mol. The van der Waals surface area contributed by atoms with Crippen LogP contribution >= 0.6 is 11.6 Å². The van der Waals surface area contributed by atoms with Gasteiger partial charge in [0.2, 0.25) is 0 Å². The van der Waals surface area contributed by atoms with Gasteiger partial charge in [0.15, 0.2) is 0 Å². The summed E-state index contributed by atoms with van der Waals surface area (Å²) in [6.45, 7) is 6.63. The van der Waals surface area contributed by atoms with Crippen LogP contribution < -0.4 is 5.32 Å². The van der Waals surface area contributed by atoms with Gasteiger partial charge in [-0.1, -0.05) is 17.7 Å². The Bertz CT molecular complexity index is 669. The van der Waals surface area contributed by atoms with Crippen molar-refractivity contribution in [2.45, 2.75) is 32.4 Å². The molecule has 1 aliphatic heterocycles. The van der Waals surface area contributed by atoms with Crippen molar-refractivity contribution in [3.05, 3.63) is 41.0 Å². The first kappa shape index (κ1) is 17.6. The van der Waals surface area contributed by atoms with Crippen LogP contribution in [0.4, 0.5) is 0 Å². The second-order valence-electron chi connectivity index (χ2n) is 6.86. The van der Waals surface area contributed by atoms with E-state index in [1.165, 1.54) is 12.8 Å². The zero-order valence-corrected chi connectivity index (χ0v) is 15.0. The third kappa shape index (κ3) is 4.67. The van der Waals surface area contributed by atoms with Crippen LogP contribution in [-0.2, 0) is 6.54 Å². The van der Waals surface area contributed by atoms with Crippen molar-refractivity contribution in [2.75, 3.05) is 26.2 Å². The van der Waals surface area contributed by atoms with E-state index in [2.05, 4.69) is 21.3 Å². The Hall–Kier alpha value is -1.20. The van der Waals surface area contributed by atoms with E-state index in [0.717, 1.165) is 54.2 Å². The van der Waals surface area contributed by atoms with Crippen molar-refractivity contribution >= 4 is 22.5 Å². The summed E-state index contributed by atoms with van der Waals surface area (Å²) in [4.78, 5) is 6.85. The largest absolute Gasteiger partial charge is 0.392 e. The highest BCUT2D eigenvalue weighted by Crippen LogP contribution is 2.22. The summed E-state index contributed by atoms with van der Waals surface area (Å²) < 4.78 is 0. The zero-order chi connectivity index (χ0) is 16.9. The number of benzene rings is 1. The number of aliphatic hydroxyl groups excluding tert-OH is 1. The van der Waals surface area contributed by atoms with Gasteiger partial charge in [0.1, 0.15) is 0 Å². The highest BCUT2D eigenvalue weighted by atomic mass is 35.5. The quantitative estimate of drug-likeness (QED) is 0.843. The fraction of sp³-hybridized carbons (Fsp3) is 0.526. The first-order valence-electron chi connectivity index (χ1n) is 8.76. The van der Waals surface area contributed by atoms with Crippen LogP contribution in [0.5, 0.6) is 0 Å². The summed E-state index contributed by atoms with van der Waals surface area (Å²) in [5, 5.41) is 14.9. The lowest BCUT2D eigenvalue weighted by molar-refractivity contribution is 0.0998. The Morgan fingerprint density at radius 3 is 2.92 bits per heavy atom. The van der Waals surface area contributed by atoms with Crippen molar-refractivity contribution in [3.8, 4) is 0 Å². The Kier molecular flexibility index (Phi) is 6.06. The number of pyridine rings is 1. The molecule has 2 heterocycles. The first-order valence-corrected chi connectivity index (χ1v) is 9.14. The minimum atomic E-state index is -0.233. The fourth-order valence-electron chi connectivity index (χ4n) is 3.52. The maximum atomic E-state index is 9.48. The van der Waals surface area contributed by atoms with Gasteiger partial charge in [-0.3, -0.25) is 4.98 Å². The van der Waals surface area contributed by atoms with Crippen LogP contribution in [0.25, 0.3) is 10.9 Å². The van der Waals surface area contributed by atoms with Crippen molar-refractivity contribution in [2.24, 2.45) is 5.92 Å². The molecule has 0 unspecified atom stereocenters. The van der Waals surface area contributed by atoms with Crippen LogP contribution in [0, 0.1) is 5.92 Å². The smallest absolute Gasteiger partial charge is 0.0747 e. The van der Waals surface area contributed by atoms with Crippen LogP contribution in [0.1, 0.15) is 25.3 Å². The minimum Gasteiger partial charge on any atom is -0.392 e. The number of nitrogens with zero attached hydrogens (tertiary/aromatic N) is 2. The molecule has 0 radical (unpaired) electrons. The SMILES string of the molecule is C[C@@H](O)CN1CCC(CNCc2cc(Cl)cc3cccnc23)CC1. The number of hydrogen-bond acceptors (Lipinski definition) is 4. The number of likely N-dealkylation sites (tertiary alicyclic amines) is 1. The van der Waals surface area contributed by atoms with Gasteiger partial charge in [-0.25, -0.2) is 0 Å². The summed E-state index contributed by atoms with van der Waals surface area (Å²) in [5.41, 5.74) is 2.19. The number of rotatable bonds is 6. The molecule has 3 rings (SSSR count). The van der Waals surface area contributed by atoms with E-state index < -0.39 is 0 Å². The van der Waals surface area contributed by atoms with Gasteiger partial charge in [-0.05, 0) is 69.1 Å². The summed E-state index contributed by atoms with van der Waals surface area (Å²) in [6.07, 6.45) is 3.98. The van der Waals surface area contributed by atoms with Crippen molar-refractivity contribution in [3.63, 3.8) is 0 Å². The van der Waals surface area contributed by atoms with Gasteiger partial charge in [0.25, 0.3) is 0 Å². The van der Waals surface area contributed by atoms with E-state index in [9.17, 15) is 5.11 Å². The van der Waals surface area contributed by atoms with Crippen LogP contribution in [0.3, 0.4) is 0 Å². The van der Waals surface area contributed by atoms with Gasteiger partial charge in [0.05, 0.1) is 11.6 Å². The lowest BCUT2D eigenvalue weighted by Crippen LogP contribution is -2.40. The number of β-amino-alcohol motifs (C(OH)–C–C–N with tert-alkyl or cyclic N) is 1. The monoisotopic (exact) mass is 347 g/mol. The molecule has 1 atom stereocenters. The third-order valence-electron chi connectivity index (χ3n) is 4.73. The molecule has 130 valence electrons. The number of piperidine rings is 1. The topological polar surface area (TPSA) is 48.4 Å². The molecular weight excluding hydrogens is 322 g/mol. The summed E-state index contributed by atoms with van der Waals surface area (Å²) in [7, 11) is 0. The van der Waals surface area contributed by atoms with E-state index in [4.69, 9.17) is 11.6 Å². The molecule has 1 aromatic heterocycles. The van der Waals surface area contributed by atoms with Gasteiger partial charge >= 0.3 is 0 Å². The molecule has 0 saturated carbocycles. The number of fused-ring (bicyclic) bond motifs is 1. The van der Waals surface area contributed by atoms with Gasteiger partial charge in [-0.2, -0.15) is 0 Å². The average molecular weight is 348 g/mol. The molecule has 2 N–H and O–H groups in total. The van der Waals surface area contributed by atoms with E-state index in [1.807, 2.05) is 31.3 Å². The number of aliphatic hydroxyl groups is 1. The number of aromatic nitrogens is 1. The van der Waals surface area contributed by atoms with Crippen molar-refractivity contribution in [1.29, 1.82) is 0 Å². The van der Waals surface area contributed by atoms with Gasteiger partial charge < -0.3 is 15.3 Å². The van der Waals surface area contributed by atoms with Gasteiger partial charge in [-0.15, -0.1) is 0 Å². The lowest BCUT2D eigenvalue weighted by atomic mass is 9.96. The molecule has 2 aromatic rings. The summed E-state index contributed by atoms with van der Waals surface area (Å²) in [5.74, 6) is 0.702. The Labute approximate surface area is 148 Å². The highest BCUT2D eigenvalue weighted by molar-refractivity contribution is 6.31. The minimum absolute atomic E-state index is 0.233. The second-order valence-corrected chi connectivity index (χ2v) is 7.30. The van der Waals surface area contributed by atoms with E-state index in [0.29, 0.717) is 5.92 Å². The highest BCUT2D eigenvalue weighted by Gasteiger charge is 2.19. The molecule has 1 fully saturated rings. The number of nitrogens with one attached hydrogen (secondary N) is 1. The first-order chi connectivity index (χ1) is 11.6. The molecule has 0 amide bonds. The molecule has 0 bridgehead atoms. The lowest BCUT2D eigenvalue weighted by Gasteiger charge is -2.32. The molecular formula is C19H26ClN3O. The van der Waals surface area contributed by atoms with E-state index in [-0.39, 0.29) is 6.10 Å². The molecule has 1 aromatic carbocycles. The Balaban J connectivity index is 1.51. The number of hydrogen-bond donors (Lipinski definition) is 2. The normalized spacial score (nSPS) is 18.1. The summed E-state index contributed by atoms with van der Waals surface area (Å²) in [6, 6.07) is 7.97. The van der Waals surface area contributed by atoms with Crippen LogP contribution in [-0.4, -0.2) is 47.3 Å². The summed E-state index contributed by atoms with van der Waals surface area (Å²) >= 11 is 6.23. The van der Waals surface area contributed by atoms with E-state index in [1.54, 1.807) is 0 Å². The molecule has 4 nitrogen and oxygen atoms in total. The van der Waals surface area contributed by atoms with Crippen LogP contribution in [0.15, 0.2) is 30.5 Å². The number of halogens is 1. The molecule has 1 aliphatic rings. The Morgan fingerprint density at radius 1 is 1.38 bits per heavy atom. The molecule has 1 saturated heterocycles. The molecule has 0 aliphatic carbocycles. The maximum absolute atomic E-state index is 9.48. The van der Waals surface area contributed by atoms with E-state index >= 15 is 0 Å². The van der Waals surface area contributed by atoms with Crippen molar-refractivity contribution < 1.29 is 5.11 Å². The molecule has 24 heavy (non-hydrogen) atoms. The fourth-order valence-corrected chi connectivity index (χ4v) is 3.77. The predicted octanol–water partition coefficient (Wildman–Crippen LogP) is 3.07. The maximum Gasteiger partial charge on any atom is 0.0747 e. The van der Waals surface area contributed by atoms with Gasteiger partial charge in [0, 0.05) is 29.7 Å². The molecule has 5 heteroatoms. The second kappa shape index (κ2) is 8.26. The zero-order valence-electron chi connectivity index (χ0n) is 14.2. The van der Waals surface area contributed by atoms with Crippen molar-refractivity contribution in [1.82, 2.24) is 15.2 Å². The Morgan fingerprint density at radius 2 is 2.17 bits per heavy atom. The standard InChI is InChI=1S/C19H26ClN3O/c1-14(24)13-23-7-4-15(5-8-23)11-21-12-17-10-18(20)9-16-3-2-6-22-19(16)17/h2-3,6,9-10,14-15,21,24H,4-5,7-8,11-13H2,1H3/t14-/m1/s1. The third-order valence-corrected chi connectivity index (χ3v) is 4.94. The molecule has 0 spiro atoms. The average Bonchev–Trinajstić information content (AvgIpc) is 2.56. The van der Waals surface area contributed by atoms with Crippen LogP contribution in [0.2, 0.25) is 5.02 Å².